The molecule has 0 aliphatic heterocycles. The molecule has 3 heterocycles. The largest absolute Gasteiger partial charge is 0.480 e. The fourth-order valence-electron chi connectivity index (χ4n) is 5.19. The Bertz CT molecular complexity index is 1520. The van der Waals surface area contributed by atoms with E-state index in [1.807, 2.05) is 31.2 Å². The molecule has 0 bridgehead atoms. The van der Waals surface area contributed by atoms with Crippen molar-refractivity contribution in [2.24, 2.45) is 0 Å². The van der Waals surface area contributed by atoms with E-state index in [1.165, 1.54) is 42.4 Å². The van der Waals surface area contributed by atoms with Gasteiger partial charge in [0, 0.05) is 22.3 Å². The molecule has 5 rings (SSSR count). The summed E-state index contributed by atoms with van der Waals surface area (Å²) in [5.41, 5.74) is 0.605. The summed E-state index contributed by atoms with van der Waals surface area (Å²) >= 11 is 8.09. The number of aromatic nitrogens is 2. The van der Waals surface area contributed by atoms with E-state index in [0.717, 1.165) is 52.0 Å². The third-order valence-corrected chi connectivity index (χ3v) is 9.17. The van der Waals surface area contributed by atoms with Crippen LogP contribution >= 0.6 is 22.9 Å². The summed E-state index contributed by atoms with van der Waals surface area (Å²) in [6.07, 6.45) is 10.4. The van der Waals surface area contributed by atoms with Gasteiger partial charge in [0.15, 0.2) is 0 Å². The van der Waals surface area contributed by atoms with Crippen LogP contribution in [-0.2, 0) is 21.5 Å². The van der Waals surface area contributed by atoms with Crippen molar-refractivity contribution in [2.75, 3.05) is 0 Å². The van der Waals surface area contributed by atoms with Gasteiger partial charge in [-0.1, -0.05) is 49.1 Å². The van der Waals surface area contributed by atoms with Crippen molar-refractivity contribution in [3.05, 3.63) is 75.0 Å². The van der Waals surface area contributed by atoms with Gasteiger partial charge in [0.05, 0.1) is 28.7 Å². The maximum Gasteiger partial charge on any atom is 0.329 e. The number of carbonyl (C=O) groups is 1. The second-order valence-corrected chi connectivity index (χ2v) is 11.8. The topological polar surface area (TPSA) is 94.6 Å². The molecule has 7 nitrogen and oxygen atoms in total. The summed E-state index contributed by atoms with van der Waals surface area (Å²) in [5.74, 6) is -0.661. The van der Waals surface area contributed by atoms with Crippen molar-refractivity contribution in [3.8, 4) is 10.8 Å². The molecule has 1 aromatic carbocycles. The second-order valence-electron chi connectivity index (χ2n) is 10.4. The zero-order valence-electron chi connectivity index (χ0n) is 21.7. The van der Waals surface area contributed by atoms with Crippen LogP contribution in [0.2, 0.25) is 5.02 Å². The maximum atomic E-state index is 13.8. The molecule has 0 saturated heterocycles. The van der Waals surface area contributed by atoms with E-state index in [2.05, 4.69) is 4.98 Å². The molecule has 0 radical (unpaired) electrons. The number of oxazole rings is 1. The van der Waals surface area contributed by atoms with Gasteiger partial charge >= 0.3 is 5.97 Å². The van der Waals surface area contributed by atoms with Gasteiger partial charge in [-0.25, -0.2) is 9.78 Å². The molecule has 0 unspecified atom stereocenters. The van der Waals surface area contributed by atoms with Crippen LogP contribution in [0.3, 0.4) is 0 Å². The van der Waals surface area contributed by atoms with Crippen LogP contribution in [0, 0.1) is 6.92 Å². The van der Waals surface area contributed by atoms with Crippen molar-refractivity contribution in [2.45, 2.75) is 77.0 Å². The first-order valence-corrected chi connectivity index (χ1v) is 14.1. The number of carboxylic acids is 1. The number of thiophene rings is 1. The monoisotopic (exact) mass is 554 g/mol. The Labute approximate surface area is 230 Å². The fourth-order valence-corrected chi connectivity index (χ4v) is 6.71. The van der Waals surface area contributed by atoms with Gasteiger partial charge in [0.1, 0.15) is 11.8 Å². The van der Waals surface area contributed by atoms with Crippen LogP contribution in [0.1, 0.15) is 68.7 Å². The zero-order valence-corrected chi connectivity index (χ0v) is 23.3. The lowest BCUT2D eigenvalue weighted by Crippen LogP contribution is -2.42. The molecule has 3 aromatic heterocycles. The fraction of sp³-hybridized carbons (Fsp3) is 0.414. The highest BCUT2D eigenvalue weighted by Crippen LogP contribution is 2.41. The molecule has 4 aromatic rings. The summed E-state index contributed by atoms with van der Waals surface area (Å²) in [5, 5.41) is 11.1. The molecule has 1 fully saturated rings. The number of benzene rings is 1. The van der Waals surface area contributed by atoms with Gasteiger partial charge in [-0.15, -0.1) is 11.3 Å². The van der Waals surface area contributed by atoms with E-state index in [0.29, 0.717) is 22.7 Å². The number of fused-ring (bicyclic) bond motifs is 1. The third-order valence-electron chi connectivity index (χ3n) is 7.47. The van der Waals surface area contributed by atoms with Crippen LogP contribution in [0.25, 0.3) is 20.9 Å². The summed E-state index contributed by atoms with van der Waals surface area (Å²) in [7, 11) is 0. The van der Waals surface area contributed by atoms with E-state index in [1.54, 1.807) is 12.4 Å². The molecule has 1 N–H and O–H groups in total. The normalized spacial score (nSPS) is 15.7. The van der Waals surface area contributed by atoms with Crippen LogP contribution in [-0.4, -0.2) is 26.7 Å². The lowest BCUT2D eigenvalue weighted by atomic mass is 9.95. The average molecular weight is 555 g/mol. The number of rotatable bonds is 8. The molecule has 1 aliphatic rings. The SMILES string of the molecule is Cc1c(-c2ncco2)sc2c(C[C@H](OC3CCCCC3)c3ccccc3Cl)cn(C(C)(C)C(=O)O)c(=O)c12. The van der Waals surface area contributed by atoms with E-state index >= 15 is 0 Å². The number of hydrogen-bond acceptors (Lipinski definition) is 6. The molecule has 1 aliphatic carbocycles. The Morgan fingerprint density at radius 3 is 2.68 bits per heavy atom. The highest BCUT2D eigenvalue weighted by molar-refractivity contribution is 7.22. The molecule has 1 saturated carbocycles. The van der Waals surface area contributed by atoms with Crippen molar-refractivity contribution < 1.29 is 19.1 Å². The van der Waals surface area contributed by atoms with E-state index in [-0.39, 0.29) is 17.8 Å². The zero-order chi connectivity index (χ0) is 27.0. The first-order chi connectivity index (χ1) is 18.2. The Hall–Kier alpha value is -2.94. The molecule has 9 heteroatoms. The highest BCUT2D eigenvalue weighted by Gasteiger charge is 2.33. The Morgan fingerprint density at radius 2 is 2.03 bits per heavy atom. The van der Waals surface area contributed by atoms with Crippen molar-refractivity contribution in [1.29, 1.82) is 0 Å². The van der Waals surface area contributed by atoms with Crippen LogP contribution < -0.4 is 5.56 Å². The number of hydrogen-bond donors (Lipinski definition) is 1. The van der Waals surface area contributed by atoms with Crippen LogP contribution in [0.4, 0.5) is 0 Å². The Morgan fingerprint density at radius 1 is 1.29 bits per heavy atom. The minimum atomic E-state index is -1.46. The van der Waals surface area contributed by atoms with Crippen LogP contribution in [0.5, 0.6) is 0 Å². The van der Waals surface area contributed by atoms with Crippen molar-refractivity contribution >= 4 is 39.0 Å². The second kappa shape index (κ2) is 10.7. The number of carboxylic acid groups (broad SMARTS) is 1. The van der Waals surface area contributed by atoms with Gasteiger partial charge in [0.25, 0.3) is 5.56 Å². The molecule has 38 heavy (non-hydrogen) atoms. The summed E-state index contributed by atoms with van der Waals surface area (Å²) < 4.78 is 14.4. The van der Waals surface area contributed by atoms with Gasteiger partial charge < -0.3 is 14.3 Å². The minimum Gasteiger partial charge on any atom is -0.480 e. The highest BCUT2D eigenvalue weighted by atomic mass is 35.5. The molecule has 0 spiro atoms. The molecular formula is C29H31ClN2O5S. The van der Waals surface area contributed by atoms with Gasteiger partial charge in [-0.2, -0.15) is 0 Å². The summed E-state index contributed by atoms with van der Waals surface area (Å²) in [6, 6.07) is 7.66. The van der Waals surface area contributed by atoms with E-state index in [9.17, 15) is 14.7 Å². The number of aryl methyl sites for hydroxylation is 1. The Balaban J connectivity index is 1.70. The Kier molecular flexibility index (Phi) is 7.49. The summed E-state index contributed by atoms with van der Waals surface area (Å²) in [4.78, 5) is 31.0. The third kappa shape index (κ3) is 4.93. The number of halogens is 1. The lowest BCUT2D eigenvalue weighted by molar-refractivity contribution is -0.145. The quantitative estimate of drug-likeness (QED) is 0.249. The molecule has 1 atom stereocenters. The molecule has 0 amide bonds. The van der Waals surface area contributed by atoms with Crippen LogP contribution in [0.15, 0.2) is 52.1 Å². The number of ether oxygens (including phenoxy) is 1. The number of aliphatic carboxylic acids is 1. The number of nitrogens with zero attached hydrogens (tertiary/aromatic N) is 2. The van der Waals surface area contributed by atoms with Gasteiger partial charge in [-0.3, -0.25) is 9.36 Å². The summed E-state index contributed by atoms with van der Waals surface area (Å²) in [6.45, 7) is 4.92. The molecule has 200 valence electrons. The van der Waals surface area contributed by atoms with Crippen molar-refractivity contribution in [1.82, 2.24) is 9.55 Å². The first-order valence-electron chi connectivity index (χ1n) is 12.9. The predicted octanol–water partition coefficient (Wildman–Crippen LogP) is 7.13. The number of pyridine rings is 1. The first kappa shape index (κ1) is 26.7. The van der Waals surface area contributed by atoms with Gasteiger partial charge in [0.2, 0.25) is 5.89 Å². The average Bonchev–Trinajstić information content (AvgIpc) is 3.54. The lowest BCUT2D eigenvalue weighted by Gasteiger charge is -2.29. The maximum absolute atomic E-state index is 13.8. The minimum absolute atomic E-state index is 0.120. The van der Waals surface area contributed by atoms with Gasteiger partial charge in [-0.05, 0) is 56.4 Å². The smallest absolute Gasteiger partial charge is 0.329 e. The predicted molar refractivity (Wildman–Crippen MR) is 149 cm³/mol. The molecular weight excluding hydrogens is 524 g/mol. The van der Waals surface area contributed by atoms with E-state index < -0.39 is 11.5 Å². The standard InChI is InChI=1S/C29H31ClN2O5S/c1-17-23-25(38-24(17)26-31-13-14-36-26)18(16-32(27(23)33)29(2,3)28(34)35)15-22(20-11-7-8-12-21(20)30)37-19-9-5-4-6-10-19/h7-8,11-14,16,19,22H,4-6,9-10,15H2,1-3H3,(H,34,35)/t22-/m0/s1. The van der Waals surface area contributed by atoms with Crippen molar-refractivity contribution in [3.63, 3.8) is 0 Å². The van der Waals surface area contributed by atoms with E-state index in [4.69, 9.17) is 20.8 Å².